The molecule has 1 aromatic carbocycles. The summed E-state index contributed by atoms with van der Waals surface area (Å²) in [4.78, 5) is 0. The summed E-state index contributed by atoms with van der Waals surface area (Å²) in [7, 11) is 1.56. The van der Waals surface area contributed by atoms with Crippen molar-refractivity contribution < 1.29 is 9.84 Å². The van der Waals surface area contributed by atoms with E-state index in [1.807, 2.05) is 6.07 Å². The highest BCUT2D eigenvalue weighted by Gasteiger charge is 2.36. The molecule has 0 aromatic heterocycles. The van der Waals surface area contributed by atoms with Crippen molar-refractivity contribution in [3.63, 3.8) is 0 Å². The van der Waals surface area contributed by atoms with Gasteiger partial charge in [0, 0.05) is 5.54 Å². The molecule has 0 radical (unpaired) electrons. The van der Waals surface area contributed by atoms with Crippen molar-refractivity contribution in [2.75, 3.05) is 7.11 Å². The largest absolute Gasteiger partial charge is 0.504 e. The topological polar surface area (TPSA) is 55.5 Å². The zero-order chi connectivity index (χ0) is 11.6. The minimum Gasteiger partial charge on any atom is -0.504 e. The smallest absolute Gasteiger partial charge is 0.160 e. The highest BCUT2D eigenvalue weighted by molar-refractivity contribution is 5.41. The Morgan fingerprint density at radius 1 is 1.44 bits per heavy atom. The van der Waals surface area contributed by atoms with Gasteiger partial charge < -0.3 is 15.6 Å². The van der Waals surface area contributed by atoms with E-state index >= 15 is 0 Å². The van der Waals surface area contributed by atoms with Gasteiger partial charge in [0.05, 0.1) is 7.11 Å². The third kappa shape index (κ3) is 2.67. The molecule has 0 spiro atoms. The highest BCUT2D eigenvalue weighted by atomic mass is 16.5. The minimum atomic E-state index is 0.133. The van der Waals surface area contributed by atoms with Gasteiger partial charge in [-0.1, -0.05) is 6.07 Å². The maximum absolute atomic E-state index is 9.61. The quantitative estimate of drug-likeness (QED) is 0.801. The van der Waals surface area contributed by atoms with Crippen LogP contribution >= 0.6 is 0 Å². The molecule has 1 fully saturated rings. The van der Waals surface area contributed by atoms with Crippen LogP contribution in [0.3, 0.4) is 0 Å². The van der Waals surface area contributed by atoms with Gasteiger partial charge in [0.2, 0.25) is 0 Å². The second-order valence-electron chi connectivity index (χ2n) is 4.72. The summed E-state index contributed by atoms with van der Waals surface area (Å²) in [5.41, 5.74) is 7.29. The average Bonchev–Trinajstić information content (AvgIpc) is 2.97. The Labute approximate surface area is 96.2 Å². The fourth-order valence-electron chi connectivity index (χ4n) is 1.95. The van der Waals surface area contributed by atoms with Crippen LogP contribution in [0.2, 0.25) is 0 Å². The summed E-state index contributed by atoms with van der Waals surface area (Å²) in [5, 5.41) is 9.61. The maximum Gasteiger partial charge on any atom is 0.160 e. The second-order valence-corrected chi connectivity index (χ2v) is 4.72. The van der Waals surface area contributed by atoms with Crippen molar-refractivity contribution in [1.82, 2.24) is 0 Å². The summed E-state index contributed by atoms with van der Waals surface area (Å²) in [6.45, 7) is 0. The van der Waals surface area contributed by atoms with Crippen LogP contribution in [0.25, 0.3) is 0 Å². The predicted octanol–water partition coefficient (Wildman–Crippen LogP) is 2.21. The zero-order valence-corrected chi connectivity index (χ0v) is 9.70. The standard InChI is InChI=1S/C13H19NO2/c1-16-12-5-4-10(9-11(12)15)3-2-6-13(14)7-8-13/h4-5,9,15H,2-3,6-8,14H2,1H3. The van der Waals surface area contributed by atoms with E-state index in [1.165, 1.54) is 12.8 Å². The molecule has 16 heavy (non-hydrogen) atoms. The van der Waals surface area contributed by atoms with Crippen molar-refractivity contribution >= 4 is 0 Å². The lowest BCUT2D eigenvalue weighted by molar-refractivity contribution is 0.373. The first-order valence-corrected chi connectivity index (χ1v) is 5.78. The van der Waals surface area contributed by atoms with E-state index in [0.717, 1.165) is 24.8 Å². The second kappa shape index (κ2) is 4.34. The average molecular weight is 221 g/mol. The fraction of sp³-hybridized carbons (Fsp3) is 0.538. The van der Waals surface area contributed by atoms with E-state index in [4.69, 9.17) is 10.5 Å². The van der Waals surface area contributed by atoms with Crippen molar-refractivity contribution in [3.8, 4) is 11.5 Å². The van der Waals surface area contributed by atoms with Crippen molar-refractivity contribution in [2.24, 2.45) is 5.73 Å². The van der Waals surface area contributed by atoms with Crippen molar-refractivity contribution in [1.29, 1.82) is 0 Å². The fourth-order valence-corrected chi connectivity index (χ4v) is 1.95. The highest BCUT2D eigenvalue weighted by Crippen LogP contribution is 2.37. The number of methoxy groups -OCH3 is 1. The van der Waals surface area contributed by atoms with Crippen molar-refractivity contribution in [2.45, 2.75) is 37.6 Å². The first kappa shape index (κ1) is 11.3. The molecule has 2 rings (SSSR count). The summed E-state index contributed by atoms with van der Waals surface area (Å²) in [6.07, 6.45) is 5.47. The number of phenolic OH excluding ortho intramolecular Hbond substituents is 1. The van der Waals surface area contributed by atoms with Crippen LogP contribution in [0.15, 0.2) is 18.2 Å². The summed E-state index contributed by atoms with van der Waals surface area (Å²) in [5.74, 6) is 0.745. The summed E-state index contributed by atoms with van der Waals surface area (Å²) in [6, 6.07) is 5.57. The van der Waals surface area contributed by atoms with Crippen LogP contribution in [0.5, 0.6) is 11.5 Å². The van der Waals surface area contributed by atoms with E-state index in [0.29, 0.717) is 5.75 Å². The molecule has 1 saturated carbocycles. The van der Waals surface area contributed by atoms with E-state index < -0.39 is 0 Å². The number of rotatable bonds is 5. The van der Waals surface area contributed by atoms with Gasteiger partial charge in [0.1, 0.15) is 0 Å². The maximum atomic E-state index is 9.61. The number of aryl methyl sites for hydroxylation is 1. The molecule has 0 unspecified atom stereocenters. The number of benzene rings is 1. The minimum absolute atomic E-state index is 0.133. The molecule has 3 N–H and O–H groups in total. The van der Waals surface area contributed by atoms with Crippen LogP contribution in [-0.4, -0.2) is 17.8 Å². The number of nitrogens with two attached hydrogens (primary N) is 1. The van der Waals surface area contributed by atoms with Crippen LogP contribution < -0.4 is 10.5 Å². The monoisotopic (exact) mass is 221 g/mol. The zero-order valence-electron chi connectivity index (χ0n) is 9.70. The van der Waals surface area contributed by atoms with Gasteiger partial charge in [-0.25, -0.2) is 0 Å². The third-order valence-electron chi connectivity index (χ3n) is 3.28. The Morgan fingerprint density at radius 2 is 2.19 bits per heavy atom. The third-order valence-corrected chi connectivity index (χ3v) is 3.28. The molecular formula is C13H19NO2. The van der Waals surface area contributed by atoms with Crippen LogP contribution in [0, 0.1) is 0 Å². The molecule has 3 nitrogen and oxygen atoms in total. The molecule has 1 aliphatic rings. The lowest BCUT2D eigenvalue weighted by atomic mass is 10.0. The first-order chi connectivity index (χ1) is 7.63. The number of aromatic hydroxyl groups is 1. The normalized spacial score (nSPS) is 17.1. The van der Waals surface area contributed by atoms with E-state index in [2.05, 4.69) is 0 Å². The number of hydrogen-bond acceptors (Lipinski definition) is 3. The van der Waals surface area contributed by atoms with E-state index in [-0.39, 0.29) is 11.3 Å². The molecule has 3 heteroatoms. The Hall–Kier alpha value is -1.22. The Bertz CT molecular complexity index is 372. The molecule has 88 valence electrons. The Kier molecular flexibility index (Phi) is 3.06. The summed E-state index contributed by atoms with van der Waals surface area (Å²) >= 11 is 0. The molecular weight excluding hydrogens is 202 g/mol. The van der Waals surface area contributed by atoms with Crippen LogP contribution in [0.4, 0.5) is 0 Å². The first-order valence-electron chi connectivity index (χ1n) is 5.78. The molecule has 0 aliphatic heterocycles. The van der Waals surface area contributed by atoms with Crippen LogP contribution in [-0.2, 0) is 6.42 Å². The number of phenols is 1. The predicted molar refractivity (Wildman–Crippen MR) is 63.7 cm³/mol. The van der Waals surface area contributed by atoms with Gasteiger partial charge in [0.25, 0.3) is 0 Å². The van der Waals surface area contributed by atoms with Crippen LogP contribution in [0.1, 0.15) is 31.2 Å². The molecule has 0 bridgehead atoms. The lowest BCUT2D eigenvalue weighted by Gasteiger charge is -2.09. The van der Waals surface area contributed by atoms with Gasteiger partial charge in [0.15, 0.2) is 11.5 Å². The lowest BCUT2D eigenvalue weighted by Crippen LogP contribution is -2.21. The molecule has 0 atom stereocenters. The molecule has 0 saturated heterocycles. The van der Waals surface area contributed by atoms with Crippen molar-refractivity contribution in [3.05, 3.63) is 23.8 Å². The molecule has 1 aliphatic carbocycles. The van der Waals surface area contributed by atoms with Gasteiger partial charge in [-0.3, -0.25) is 0 Å². The van der Waals surface area contributed by atoms with Gasteiger partial charge >= 0.3 is 0 Å². The van der Waals surface area contributed by atoms with E-state index in [1.54, 1.807) is 19.2 Å². The number of hydrogen-bond donors (Lipinski definition) is 2. The van der Waals surface area contributed by atoms with Gasteiger partial charge in [-0.15, -0.1) is 0 Å². The Balaban J connectivity index is 1.87. The molecule has 0 amide bonds. The molecule has 0 heterocycles. The summed E-state index contributed by atoms with van der Waals surface area (Å²) < 4.78 is 5.00. The SMILES string of the molecule is COc1ccc(CCCC2(N)CC2)cc1O. The molecule has 1 aromatic rings. The van der Waals surface area contributed by atoms with E-state index in [9.17, 15) is 5.11 Å². The van der Waals surface area contributed by atoms with Gasteiger partial charge in [-0.2, -0.15) is 0 Å². The van der Waals surface area contributed by atoms with Gasteiger partial charge in [-0.05, 0) is 49.8 Å². The number of ether oxygens (including phenoxy) is 1. The Morgan fingerprint density at radius 3 is 2.75 bits per heavy atom.